The summed E-state index contributed by atoms with van der Waals surface area (Å²) in [5.41, 5.74) is 12.0. The lowest BCUT2D eigenvalue weighted by Crippen LogP contribution is -1.92. The van der Waals surface area contributed by atoms with Crippen LogP contribution in [0.15, 0.2) is 28.7 Å². The van der Waals surface area contributed by atoms with Crippen LogP contribution < -0.4 is 16.5 Å². The van der Waals surface area contributed by atoms with Gasteiger partial charge in [0.05, 0.1) is 6.21 Å². The minimum absolute atomic E-state index is 0.515. The molecule has 2 aromatic rings. The zero-order valence-corrected chi connectivity index (χ0v) is 10.5. The van der Waals surface area contributed by atoms with Crippen molar-refractivity contribution in [1.82, 2.24) is 4.98 Å². The van der Waals surface area contributed by atoms with E-state index in [0.717, 1.165) is 18.5 Å². The molecule has 0 spiro atoms. The van der Waals surface area contributed by atoms with Crippen LogP contribution in [0.4, 0.5) is 16.6 Å². The Morgan fingerprint density at radius 3 is 3.28 bits per heavy atom. The van der Waals surface area contributed by atoms with Gasteiger partial charge in [-0.25, -0.2) is 4.98 Å². The minimum Gasteiger partial charge on any atom is -0.384 e. The molecule has 1 aliphatic rings. The summed E-state index contributed by atoms with van der Waals surface area (Å²) in [4.78, 5) is 4.06. The zero-order chi connectivity index (χ0) is 12.4. The molecule has 2 heterocycles. The van der Waals surface area contributed by atoms with Crippen LogP contribution in [0, 0.1) is 0 Å². The highest BCUT2D eigenvalue weighted by molar-refractivity contribution is 7.14. The Kier molecular flexibility index (Phi) is 2.85. The summed E-state index contributed by atoms with van der Waals surface area (Å²) < 4.78 is 0. The number of hydrazone groups is 1. The standard InChI is InChI=1S/C12H13N5S/c13-11-7-18-12(16-11)17-15-6-8-1-2-10-9(5-8)3-4-14-10/h1-2,5-7,14H,3-4,13H2,(H,16,17). The van der Waals surface area contributed by atoms with Gasteiger partial charge in [-0.3, -0.25) is 5.43 Å². The van der Waals surface area contributed by atoms with Crippen LogP contribution >= 0.6 is 11.3 Å². The third-order valence-corrected chi connectivity index (χ3v) is 3.50. The van der Waals surface area contributed by atoms with Crippen molar-refractivity contribution < 1.29 is 0 Å². The molecule has 0 amide bonds. The number of nitrogens with two attached hydrogens (primary N) is 1. The highest BCUT2D eigenvalue weighted by Crippen LogP contribution is 2.22. The number of nitrogen functional groups attached to an aromatic ring is 1. The first-order valence-corrected chi connectivity index (χ1v) is 6.56. The quantitative estimate of drug-likeness (QED) is 0.583. The van der Waals surface area contributed by atoms with Crippen molar-refractivity contribution >= 4 is 34.2 Å². The number of hydrogen-bond donors (Lipinski definition) is 3. The van der Waals surface area contributed by atoms with E-state index in [4.69, 9.17) is 5.73 Å². The van der Waals surface area contributed by atoms with Crippen LogP contribution in [-0.2, 0) is 6.42 Å². The lowest BCUT2D eigenvalue weighted by atomic mass is 10.1. The number of hydrogen-bond acceptors (Lipinski definition) is 6. The molecule has 0 radical (unpaired) electrons. The lowest BCUT2D eigenvalue weighted by molar-refractivity contribution is 1.11. The second-order valence-corrected chi connectivity index (χ2v) is 4.90. The summed E-state index contributed by atoms with van der Waals surface area (Å²) in [7, 11) is 0. The average molecular weight is 259 g/mol. The SMILES string of the molecule is Nc1csc(NN=Cc2ccc3c(c2)CCN3)n1. The predicted octanol–water partition coefficient (Wildman–Crippen LogP) is 2.14. The Bertz CT molecular complexity index is 590. The fourth-order valence-electron chi connectivity index (χ4n) is 1.90. The largest absolute Gasteiger partial charge is 0.384 e. The molecule has 5 nitrogen and oxygen atoms in total. The Morgan fingerprint density at radius 1 is 1.50 bits per heavy atom. The van der Waals surface area contributed by atoms with Crippen molar-refractivity contribution in [3.8, 4) is 0 Å². The van der Waals surface area contributed by atoms with Gasteiger partial charge < -0.3 is 11.1 Å². The number of rotatable bonds is 3. The van der Waals surface area contributed by atoms with Gasteiger partial charge >= 0.3 is 0 Å². The second kappa shape index (κ2) is 4.66. The van der Waals surface area contributed by atoms with Crippen LogP contribution in [-0.4, -0.2) is 17.7 Å². The van der Waals surface area contributed by atoms with Gasteiger partial charge in [-0.15, -0.1) is 11.3 Å². The zero-order valence-electron chi connectivity index (χ0n) is 9.68. The van der Waals surface area contributed by atoms with Crippen LogP contribution in [0.5, 0.6) is 0 Å². The molecule has 1 aromatic heterocycles. The van der Waals surface area contributed by atoms with Gasteiger partial charge in [-0.05, 0) is 29.7 Å². The molecule has 0 aliphatic carbocycles. The number of nitrogens with one attached hydrogen (secondary N) is 2. The van der Waals surface area contributed by atoms with Crippen LogP contribution in [0.3, 0.4) is 0 Å². The first-order chi connectivity index (χ1) is 8.81. The molecule has 0 saturated heterocycles. The number of benzene rings is 1. The maximum atomic E-state index is 5.52. The average Bonchev–Trinajstić information content (AvgIpc) is 2.97. The van der Waals surface area contributed by atoms with E-state index in [9.17, 15) is 0 Å². The molecule has 0 atom stereocenters. The van der Waals surface area contributed by atoms with Crippen LogP contribution in [0.25, 0.3) is 0 Å². The third-order valence-electron chi connectivity index (χ3n) is 2.73. The molecular formula is C12H13N5S. The molecule has 18 heavy (non-hydrogen) atoms. The summed E-state index contributed by atoms with van der Waals surface area (Å²) in [6.45, 7) is 1.02. The fourth-order valence-corrected chi connectivity index (χ4v) is 2.45. The topological polar surface area (TPSA) is 75.3 Å². The Labute approximate surface area is 109 Å². The third kappa shape index (κ3) is 2.28. The van der Waals surface area contributed by atoms with E-state index in [2.05, 4.69) is 33.0 Å². The van der Waals surface area contributed by atoms with E-state index >= 15 is 0 Å². The van der Waals surface area contributed by atoms with E-state index in [1.807, 2.05) is 6.07 Å². The second-order valence-electron chi connectivity index (χ2n) is 4.04. The molecule has 0 unspecified atom stereocenters. The summed E-state index contributed by atoms with van der Waals surface area (Å²) in [6, 6.07) is 6.28. The number of nitrogens with zero attached hydrogens (tertiary/aromatic N) is 2. The summed E-state index contributed by atoms with van der Waals surface area (Å²) >= 11 is 1.43. The molecular weight excluding hydrogens is 246 g/mol. The molecule has 1 aliphatic heterocycles. The van der Waals surface area contributed by atoms with Gasteiger partial charge in [0.15, 0.2) is 0 Å². The smallest absolute Gasteiger partial charge is 0.205 e. The van der Waals surface area contributed by atoms with E-state index < -0.39 is 0 Å². The Morgan fingerprint density at radius 2 is 2.44 bits per heavy atom. The molecule has 6 heteroatoms. The van der Waals surface area contributed by atoms with E-state index in [-0.39, 0.29) is 0 Å². The first kappa shape index (κ1) is 11.0. The van der Waals surface area contributed by atoms with Gasteiger partial charge in [0.2, 0.25) is 5.13 Å². The van der Waals surface area contributed by atoms with Crippen LogP contribution in [0.2, 0.25) is 0 Å². The van der Waals surface area contributed by atoms with Crippen molar-refractivity contribution in [1.29, 1.82) is 0 Å². The predicted molar refractivity (Wildman–Crippen MR) is 76.4 cm³/mol. The van der Waals surface area contributed by atoms with Crippen molar-refractivity contribution in [2.24, 2.45) is 5.10 Å². The molecule has 1 aromatic carbocycles. The minimum atomic E-state index is 0.515. The van der Waals surface area contributed by atoms with Gasteiger partial charge in [0.1, 0.15) is 5.82 Å². The van der Waals surface area contributed by atoms with Crippen molar-refractivity contribution in [2.75, 3.05) is 23.0 Å². The Hall–Kier alpha value is -2.08. The maximum absolute atomic E-state index is 5.52. The van der Waals surface area contributed by atoms with Crippen molar-refractivity contribution in [3.05, 3.63) is 34.7 Å². The van der Waals surface area contributed by atoms with E-state index in [1.165, 1.54) is 22.6 Å². The number of thiazole rings is 1. The van der Waals surface area contributed by atoms with Gasteiger partial charge in [0.25, 0.3) is 0 Å². The summed E-state index contributed by atoms with van der Waals surface area (Å²) in [5, 5.41) is 9.95. The Balaban J connectivity index is 1.69. The van der Waals surface area contributed by atoms with Crippen molar-refractivity contribution in [2.45, 2.75) is 6.42 Å². The monoisotopic (exact) mass is 259 g/mol. The molecule has 0 saturated carbocycles. The number of fused-ring (bicyclic) bond motifs is 1. The van der Waals surface area contributed by atoms with E-state index in [1.54, 1.807) is 11.6 Å². The first-order valence-electron chi connectivity index (χ1n) is 5.68. The molecule has 0 fully saturated rings. The number of aromatic nitrogens is 1. The molecule has 0 bridgehead atoms. The normalized spacial score (nSPS) is 13.6. The molecule has 92 valence electrons. The molecule has 4 N–H and O–H groups in total. The van der Waals surface area contributed by atoms with Gasteiger partial charge in [-0.1, -0.05) is 6.07 Å². The highest BCUT2D eigenvalue weighted by Gasteiger charge is 2.08. The fraction of sp³-hybridized carbons (Fsp3) is 0.167. The lowest BCUT2D eigenvalue weighted by Gasteiger charge is -2.00. The van der Waals surface area contributed by atoms with E-state index in [0.29, 0.717) is 10.9 Å². The van der Waals surface area contributed by atoms with Crippen molar-refractivity contribution in [3.63, 3.8) is 0 Å². The van der Waals surface area contributed by atoms with Crippen LogP contribution in [0.1, 0.15) is 11.1 Å². The summed E-state index contributed by atoms with van der Waals surface area (Å²) in [6.07, 6.45) is 2.86. The van der Waals surface area contributed by atoms with Gasteiger partial charge in [-0.2, -0.15) is 5.10 Å². The van der Waals surface area contributed by atoms with Gasteiger partial charge in [0, 0.05) is 17.6 Å². The number of anilines is 3. The maximum Gasteiger partial charge on any atom is 0.205 e. The summed E-state index contributed by atoms with van der Waals surface area (Å²) in [5.74, 6) is 0.515. The highest BCUT2D eigenvalue weighted by atomic mass is 32.1. The molecule has 3 rings (SSSR count).